The van der Waals surface area contributed by atoms with E-state index in [0.717, 1.165) is 28.5 Å². The normalized spacial score (nSPS) is 10.3. The number of benzene rings is 1. The number of rotatable bonds is 7. The van der Waals surface area contributed by atoms with Crippen LogP contribution in [0.3, 0.4) is 0 Å². The van der Waals surface area contributed by atoms with Gasteiger partial charge in [-0.2, -0.15) is 0 Å². The van der Waals surface area contributed by atoms with Gasteiger partial charge in [0.25, 0.3) is 11.2 Å². The molecule has 0 fully saturated rings. The maximum atomic E-state index is 12.2. The number of anilines is 1. The number of aromatic nitrogens is 1. The minimum Gasteiger partial charge on any atom is -0.339 e. The molecule has 1 aromatic carbocycles. The lowest BCUT2D eigenvalue weighted by molar-refractivity contribution is -0.385. The van der Waals surface area contributed by atoms with Gasteiger partial charge in [0.2, 0.25) is 11.8 Å². The van der Waals surface area contributed by atoms with E-state index < -0.39 is 16.4 Å². The van der Waals surface area contributed by atoms with E-state index in [-0.39, 0.29) is 18.1 Å². The zero-order valence-electron chi connectivity index (χ0n) is 15.0. The quantitative estimate of drug-likeness (QED) is 0.587. The standard InChI is InChI=1S/C18H20N4O5/c1-3-20(13(2)23)10-14-5-4-6-15(9-14)19-17(24)12-21-11-16(22(26)27)7-8-18(21)25/h4-9,11H,3,10,12H2,1-2H3,(H,19,24). The topological polar surface area (TPSA) is 115 Å². The van der Waals surface area contributed by atoms with Crippen LogP contribution >= 0.6 is 0 Å². The largest absolute Gasteiger partial charge is 0.339 e. The Balaban J connectivity index is 2.09. The number of hydrogen-bond acceptors (Lipinski definition) is 5. The highest BCUT2D eigenvalue weighted by Crippen LogP contribution is 2.13. The summed E-state index contributed by atoms with van der Waals surface area (Å²) in [5, 5.41) is 13.5. The zero-order chi connectivity index (χ0) is 20.0. The molecule has 9 nitrogen and oxygen atoms in total. The second kappa shape index (κ2) is 8.75. The van der Waals surface area contributed by atoms with Crippen LogP contribution in [0.5, 0.6) is 0 Å². The number of amides is 2. The Morgan fingerprint density at radius 2 is 2.00 bits per heavy atom. The van der Waals surface area contributed by atoms with Crippen LogP contribution in [0.25, 0.3) is 0 Å². The molecule has 0 saturated carbocycles. The van der Waals surface area contributed by atoms with Crippen molar-refractivity contribution in [3.8, 4) is 0 Å². The molecule has 2 amide bonds. The van der Waals surface area contributed by atoms with Crippen molar-refractivity contribution in [1.82, 2.24) is 9.47 Å². The fourth-order valence-corrected chi connectivity index (χ4v) is 2.52. The highest BCUT2D eigenvalue weighted by atomic mass is 16.6. The summed E-state index contributed by atoms with van der Waals surface area (Å²) in [6.45, 7) is 4.01. The van der Waals surface area contributed by atoms with E-state index in [4.69, 9.17) is 0 Å². The third-order valence-electron chi connectivity index (χ3n) is 3.90. The van der Waals surface area contributed by atoms with Crippen LogP contribution < -0.4 is 10.9 Å². The Labute approximate surface area is 155 Å². The van der Waals surface area contributed by atoms with Gasteiger partial charge in [-0.05, 0) is 24.6 Å². The predicted molar refractivity (Wildman–Crippen MR) is 99.2 cm³/mol. The first-order chi connectivity index (χ1) is 12.8. The SMILES string of the molecule is CCN(Cc1cccc(NC(=O)Cn2cc([N+](=O)[O-])ccc2=O)c1)C(C)=O. The van der Waals surface area contributed by atoms with Crippen LogP contribution in [0.4, 0.5) is 11.4 Å². The molecule has 0 bridgehead atoms. The molecule has 0 aliphatic rings. The van der Waals surface area contributed by atoms with Gasteiger partial charge in [-0.3, -0.25) is 29.1 Å². The molecule has 1 N–H and O–H groups in total. The Hall–Kier alpha value is -3.49. The molecule has 0 saturated heterocycles. The van der Waals surface area contributed by atoms with E-state index in [2.05, 4.69) is 5.32 Å². The Kier molecular flexibility index (Phi) is 6.42. The zero-order valence-corrected chi connectivity index (χ0v) is 15.0. The number of nitro groups is 1. The first-order valence-corrected chi connectivity index (χ1v) is 8.29. The number of nitrogens with zero attached hydrogens (tertiary/aromatic N) is 3. The molecule has 1 heterocycles. The summed E-state index contributed by atoms with van der Waals surface area (Å²) in [5.41, 5.74) is 0.575. The third kappa shape index (κ3) is 5.50. The smallest absolute Gasteiger partial charge is 0.285 e. The molecule has 0 radical (unpaired) electrons. The average molecular weight is 372 g/mol. The number of hydrogen-bond donors (Lipinski definition) is 1. The minimum atomic E-state index is -0.633. The van der Waals surface area contributed by atoms with Crippen LogP contribution in [-0.2, 0) is 22.7 Å². The van der Waals surface area contributed by atoms with Gasteiger partial charge >= 0.3 is 0 Å². The highest BCUT2D eigenvalue weighted by Gasteiger charge is 2.12. The van der Waals surface area contributed by atoms with Gasteiger partial charge in [0.05, 0.1) is 11.1 Å². The van der Waals surface area contributed by atoms with E-state index >= 15 is 0 Å². The Morgan fingerprint density at radius 1 is 1.26 bits per heavy atom. The van der Waals surface area contributed by atoms with Crippen molar-refractivity contribution in [1.29, 1.82) is 0 Å². The minimum absolute atomic E-state index is 0.0445. The van der Waals surface area contributed by atoms with Crippen molar-refractivity contribution >= 4 is 23.2 Å². The van der Waals surface area contributed by atoms with E-state index in [0.29, 0.717) is 18.8 Å². The van der Waals surface area contributed by atoms with Crippen molar-refractivity contribution in [2.75, 3.05) is 11.9 Å². The maximum absolute atomic E-state index is 12.2. The first-order valence-electron chi connectivity index (χ1n) is 8.29. The number of nitrogens with one attached hydrogen (secondary N) is 1. The molecular formula is C18H20N4O5. The fourth-order valence-electron chi connectivity index (χ4n) is 2.52. The van der Waals surface area contributed by atoms with Gasteiger partial charge in [-0.1, -0.05) is 12.1 Å². The second-order valence-corrected chi connectivity index (χ2v) is 5.89. The average Bonchev–Trinajstić information content (AvgIpc) is 2.61. The lowest BCUT2D eigenvalue weighted by Crippen LogP contribution is -2.28. The van der Waals surface area contributed by atoms with E-state index in [1.54, 1.807) is 23.1 Å². The summed E-state index contributed by atoms with van der Waals surface area (Å²) in [6, 6.07) is 9.15. The van der Waals surface area contributed by atoms with Gasteiger partial charge < -0.3 is 10.2 Å². The lowest BCUT2D eigenvalue weighted by atomic mass is 10.2. The summed E-state index contributed by atoms with van der Waals surface area (Å²) in [4.78, 5) is 47.3. The monoisotopic (exact) mass is 372 g/mol. The molecule has 0 aliphatic carbocycles. The van der Waals surface area contributed by atoms with E-state index in [1.165, 1.54) is 6.92 Å². The summed E-state index contributed by atoms with van der Waals surface area (Å²) in [5.74, 6) is -0.536. The third-order valence-corrected chi connectivity index (χ3v) is 3.90. The van der Waals surface area contributed by atoms with Crippen LogP contribution in [0, 0.1) is 10.1 Å². The molecule has 2 aromatic rings. The van der Waals surface area contributed by atoms with Crippen LogP contribution in [0.1, 0.15) is 19.4 Å². The fraction of sp³-hybridized carbons (Fsp3) is 0.278. The van der Waals surface area contributed by atoms with Gasteiger partial charge in [0, 0.05) is 37.8 Å². The van der Waals surface area contributed by atoms with Crippen LogP contribution in [0.15, 0.2) is 47.4 Å². The van der Waals surface area contributed by atoms with Crippen molar-refractivity contribution in [2.24, 2.45) is 0 Å². The molecule has 2 rings (SSSR count). The number of carbonyl (C=O) groups excluding carboxylic acids is 2. The summed E-state index contributed by atoms with van der Waals surface area (Å²) >= 11 is 0. The predicted octanol–water partition coefficient (Wildman–Crippen LogP) is 1.76. The highest BCUT2D eigenvalue weighted by molar-refractivity contribution is 5.90. The Morgan fingerprint density at radius 3 is 2.63 bits per heavy atom. The van der Waals surface area contributed by atoms with Crippen molar-refractivity contribution in [3.63, 3.8) is 0 Å². The van der Waals surface area contributed by atoms with Gasteiger partial charge in [-0.25, -0.2) is 0 Å². The first kappa shape index (κ1) is 19.8. The second-order valence-electron chi connectivity index (χ2n) is 5.89. The molecule has 0 spiro atoms. The molecule has 27 heavy (non-hydrogen) atoms. The molecule has 142 valence electrons. The van der Waals surface area contributed by atoms with Gasteiger partial charge in [0.15, 0.2) is 0 Å². The summed E-state index contributed by atoms with van der Waals surface area (Å²) < 4.78 is 0.978. The van der Waals surface area contributed by atoms with Gasteiger partial charge in [0.1, 0.15) is 6.54 Å². The lowest BCUT2D eigenvalue weighted by Gasteiger charge is -2.19. The van der Waals surface area contributed by atoms with Crippen molar-refractivity contribution in [2.45, 2.75) is 26.9 Å². The van der Waals surface area contributed by atoms with Crippen LogP contribution in [0.2, 0.25) is 0 Å². The molecule has 0 aliphatic heterocycles. The van der Waals surface area contributed by atoms with E-state index in [9.17, 15) is 24.5 Å². The van der Waals surface area contributed by atoms with Crippen LogP contribution in [-0.4, -0.2) is 32.7 Å². The summed E-state index contributed by atoms with van der Waals surface area (Å²) in [6.07, 6.45) is 1.03. The molecule has 9 heteroatoms. The molecule has 1 aromatic heterocycles. The Bertz CT molecular complexity index is 922. The number of carbonyl (C=O) groups is 2. The summed E-state index contributed by atoms with van der Waals surface area (Å²) in [7, 11) is 0. The maximum Gasteiger partial charge on any atom is 0.285 e. The van der Waals surface area contributed by atoms with Crippen molar-refractivity contribution < 1.29 is 14.5 Å². The van der Waals surface area contributed by atoms with Gasteiger partial charge in [-0.15, -0.1) is 0 Å². The molecule has 0 atom stereocenters. The number of pyridine rings is 1. The van der Waals surface area contributed by atoms with E-state index in [1.807, 2.05) is 13.0 Å². The molecule has 0 unspecified atom stereocenters. The molecular weight excluding hydrogens is 352 g/mol. The van der Waals surface area contributed by atoms with Crippen molar-refractivity contribution in [3.05, 3.63) is 68.6 Å².